The average molecular weight is 513 g/mol. The zero-order valence-corrected chi connectivity index (χ0v) is 21.9. The Morgan fingerprint density at radius 3 is 2.62 bits per heavy atom. The summed E-state index contributed by atoms with van der Waals surface area (Å²) in [6.45, 7) is 11.3. The minimum absolute atomic E-state index is 0.135. The Bertz CT molecular complexity index is 1140. The van der Waals surface area contributed by atoms with Gasteiger partial charge in [0, 0.05) is 43.7 Å². The van der Waals surface area contributed by atoms with Crippen LogP contribution in [0.25, 0.3) is 0 Å². The first kappa shape index (κ1) is 25.3. The van der Waals surface area contributed by atoms with Gasteiger partial charge in [-0.2, -0.15) is 10.1 Å². The molecule has 37 heavy (non-hydrogen) atoms. The summed E-state index contributed by atoms with van der Waals surface area (Å²) >= 11 is 0. The van der Waals surface area contributed by atoms with E-state index >= 15 is 0 Å². The molecular weight excluding hydrogens is 476 g/mol. The zero-order chi connectivity index (χ0) is 26.2. The first-order valence-electron chi connectivity index (χ1n) is 13.0. The molecule has 2 aromatic heterocycles. The maximum Gasteiger partial charge on any atom is 0.410 e. The molecule has 5 rings (SSSR count). The molecule has 3 fully saturated rings. The highest BCUT2D eigenvalue weighted by atomic mass is 16.6. The van der Waals surface area contributed by atoms with Gasteiger partial charge in [-0.15, -0.1) is 0 Å². The fraction of sp³-hybridized carbons (Fsp3) is 0.654. The molecule has 1 unspecified atom stereocenters. The zero-order valence-electron chi connectivity index (χ0n) is 21.9. The number of amides is 2. The van der Waals surface area contributed by atoms with Crippen molar-refractivity contribution in [1.29, 1.82) is 0 Å². The summed E-state index contributed by atoms with van der Waals surface area (Å²) in [5.74, 6) is 1.33. The number of aromatic nitrogens is 4. The molecule has 11 nitrogen and oxygen atoms in total. The van der Waals surface area contributed by atoms with E-state index in [4.69, 9.17) is 19.1 Å². The lowest BCUT2D eigenvalue weighted by atomic mass is 9.71. The Kier molecular flexibility index (Phi) is 6.72. The Balaban J connectivity index is 1.29. The van der Waals surface area contributed by atoms with Crippen LogP contribution in [-0.4, -0.2) is 80.3 Å². The van der Waals surface area contributed by atoms with Crippen molar-refractivity contribution < 1.29 is 23.6 Å². The van der Waals surface area contributed by atoms with Crippen LogP contribution in [0.15, 0.2) is 29.4 Å². The van der Waals surface area contributed by atoms with Gasteiger partial charge in [-0.3, -0.25) is 4.68 Å². The Hall–Kier alpha value is -3.37. The van der Waals surface area contributed by atoms with E-state index in [0.717, 1.165) is 5.69 Å². The second-order valence-corrected chi connectivity index (χ2v) is 11.5. The van der Waals surface area contributed by atoms with E-state index in [2.05, 4.69) is 22.8 Å². The van der Waals surface area contributed by atoms with Gasteiger partial charge in [0.2, 0.25) is 5.89 Å². The number of ether oxygens (including phenoxy) is 2. The van der Waals surface area contributed by atoms with Crippen LogP contribution in [0.3, 0.4) is 0 Å². The molecule has 0 aromatic carbocycles. The molecule has 200 valence electrons. The van der Waals surface area contributed by atoms with Gasteiger partial charge in [-0.1, -0.05) is 30.7 Å². The molecular formula is C26H36N6O5. The lowest BCUT2D eigenvalue weighted by Gasteiger charge is -2.49. The van der Waals surface area contributed by atoms with E-state index in [9.17, 15) is 9.59 Å². The third-order valence-electron chi connectivity index (χ3n) is 7.42. The Morgan fingerprint density at radius 1 is 1.19 bits per heavy atom. The molecule has 0 bridgehead atoms. The fourth-order valence-electron chi connectivity index (χ4n) is 5.69. The van der Waals surface area contributed by atoms with E-state index < -0.39 is 17.1 Å². The first-order valence-corrected chi connectivity index (χ1v) is 13.0. The normalized spacial score (nSPS) is 21.3. The predicted molar refractivity (Wildman–Crippen MR) is 133 cm³/mol. The van der Waals surface area contributed by atoms with Gasteiger partial charge in [-0.25, -0.2) is 9.59 Å². The quantitative estimate of drug-likeness (QED) is 0.535. The van der Waals surface area contributed by atoms with E-state index in [0.29, 0.717) is 50.4 Å². The average Bonchev–Trinajstić information content (AvgIpc) is 3.61. The Labute approximate surface area is 216 Å². The lowest BCUT2D eigenvalue weighted by Crippen LogP contribution is -2.62. The predicted octanol–water partition coefficient (Wildman–Crippen LogP) is 3.93. The molecule has 2 aliphatic heterocycles. The molecule has 2 amide bonds. The molecule has 3 aliphatic rings. The standard InChI is InChI=1S/C26H36N6O5/c1-5-12-35-23(33)30-13-19(26(15-30)16-31(17-26)24(34)36-25(2,3)4)22-27-21(37-29-22)14-32-11-10-20(28-32)18-8-6-7-9-18/h5,10-11,18-19H,1,6-9,12-17H2,2-4H3. The van der Waals surface area contributed by atoms with Crippen molar-refractivity contribution in [2.24, 2.45) is 5.41 Å². The van der Waals surface area contributed by atoms with Crippen LogP contribution in [0, 0.1) is 5.41 Å². The molecule has 1 spiro atoms. The second-order valence-electron chi connectivity index (χ2n) is 11.5. The van der Waals surface area contributed by atoms with E-state index in [-0.39, 0.29) is 18.6 Å². The highest BCUT2D eigenvalue weighted by Crippen LogP contribution is 2.49. The molecule has 1 atom stereocenters. The lowest BCUT2D eigenvalue weighted by molar-refractivity contribution is -0.0363. The number of likely N-dealkylation sites (tertiary alicyclic amines) is 2. The minimum Gasteiger partial charge on any atom is -0.445 e. The van der Waals surface area contributed by atoms with Crippen LogP contribution in [0.2, 0.25) is 0 Å². The SMILES string of the molecule is C=CCOC(=O)N1CC(c2noc(Cn3ccc(C4CCCC4)n3)n2)C2(C1)CN(C(=O)OC(C)(C)C)C2. The molecule has 0 radical (unpaired) electrons. The van der Waals surface area contributed by atoms with Crippen LogP contribution in [-0.2, 0) is 16.0 Å². The van der Waals surface area contributed by atoms with E-state index in [1.165, 1.54) is 31.8 Å². The monoisotopic (exact) mass is 512 g/mol. The second kappa shape index (κ2) is 9.83. The summed E-state index contributed by atoms with van der Waals surface area (Å²) in [4.78, 5) is 33.3. The molecule has 0 N–H and O–H groups in total. The topological polar surface area (TPSA) is 116 Å². The van der Waals surface area contributed by atoms with Gasteiger partial charge >= 0.3 is 12.2 Å². The largest absolute Gasteiger partial charge is 0.445 e. The van der Waals surface area contributed by atoms with Gasteiger partial charge in [-0.05, 0) is 39.7 Å². The third-order valence-corrected chi connectivity index (χ3v) is 7.42. The number of carbonyl (C=O) groups excluding carboxylic acids is 2. The number of hydrogen-bond donors (Lipinski definition) is 0. The van der Waals surface area contributed by atoms with Crippen molar-refractivity contribution in [2.45, 2.75) is 70.4 Å². The number of carbonyl (C=O) groups is 2. The summed E-state index contributed by atoms with van der Waals surface area (Å²) in [6, 6.07) is 2.07. The van der Waals surface area contributed by atoms with Gasteiger partial charge in [0.15, 0.2) is 5.82 Å². The maximum absolute atomic E-state index is 12.6. The summed E-state index contributed by atoms with van der Waals surface area (Å²) in [6.07, 6.45) is 7.61. The molecule has 11 heteroatoms. The molecule has 2 saturated heterocycles. The molecule has 1 saturated carbocycles. The smallest absolute Gasteiger partial charge is 0.410 e. The van der Waals surface area contributed by atoms with Crippen LogP contribution in [0.5, 0.6) is 0 Å². The van der Waals surface area contributed by atoms with Crippen molar-refractivity contribution in [3.05, 3.63) is 42.3 Å². The molecule has 4 heterocycles. The minimum atomic E-state index is -0.581. The van der Waals surface area contributed by atoms with Crippen molar-refractivity contribution in [1.82, 2.24) is 29.7 Å². The summed E-state index contributed by atoms with van der Waals surface area (Å²) < 4.78 is 18.2. The number of nitrogens with zero attached hydrogens (tertiary/aromatic N) is 6. The van der Waals surface area contributed by atoms with Gasteiger partial charge in [0.05, 0.1) is 11.6 Å². The highest BCUT2D eigenvalue weighted by molar-refractivity contribution is 5.71. The van der Waals surface area contributed by atoms with Crippen molar-refractivity contribution >= 4 is 12.2 Å². The van der Waals surface area contributed by atoms with Gasteiger partial charge in [0.25, 0.3) is 0 Å². The molecule has 1 aliphatic carbocycles. The highest BCUT2D eigenvalue weighted by Gasteiger charge is 2.59. The maximum atomic E-state index is 12.6. The van der Waals surface area contributed by atoms with Crippen molar-refractivity contribution in [2.75, 3.05) is 32.8 Å². The van der Waals surface area contributed by atoms with Gasteiger partial charge < -0.3 is 23.8 Å². The summed E-state index contributed by atoms with van der Waals surface area (Å²) in [5.41, 5.74) is 0.145. The van der Waals surface area contributed by atoms with Crippen LogP contribution in [0.4, 0.5) is 9.59 Å². The van der Waals surface area contributed by atoms with Crippen molar-refractivity contribution in [3.8, 4) is 0 Å². The van der Waals surface area contributed by atoms with Crippen LogP contribution >= 0.6 is 0 Å². The van der Waals surface area contributed by atoms with Crippen LogP contribution in [0.1, 0.15) is 75.7 Å². The number of hydrogen-bond acceptors (Lipinski definition) is 8. The molecule has 2 aromatic rings. The number of rotatable bonds is 6. The van der Waals surface area contributed by atoms with E-state index in [1.54, 1.807) is 9.80 Å². The fourth-order valence-corrected chi connectivity index (χ4v) is 5.69. The summed E-state index contributed by atoms with van der Waals surface area (Å²) in [5, 5.41) is 9.01. The van der Waals surface area contributed by atoms with Crippen molar-refractivity contribution in [3.63, 3.8) is 0 Å². The Morgan fingerprint density at radius 2 is 1.92 bits per heavy atom. The van der Waals surface area contributed by atoms with Gasteiger partial charge in [0.1, 0.15) is 18.8 Å². The van der Waals surface area contributed by atoms with E-state index in [1.807, 2.05) is 31.6 Å². The van der Waals surface area contributed by atoms with Crippen LogP contribution < -0.4 is 0 Å². The first-order chi connectivity index (χ1) is 17.7. The third kappa shape index (κ3) is 5.35. The summed E-state index contributed by atoms with van der Waals surface area (Å²) in [7, 11) is 0.